The zero-order valence-electron chi connectivity index (χ0n) is 15.1. The van der Waals surface area contributed by atoms with E-state index in [0.717, 1.165) is 17.9 Å². The molecule has 6 nitrogen and oxygen atoms in total. The number of amides is 2. The minimum Gasteiger partial charge on any atom is -0.459 e. The van der Waals surface area contributed by atoms with Crippen molar-refractivity contribution in [2.45, 2.75) is 19.4 Å². The minimum atomic E-state index is -1.15. The fourth-order valence-corrected chi connectivity index (χ4v) is 3.34. The Labute approximate surface area is 163 Å². The first-order valence-corrected chi connectivity index (χ1v) is 9.22. The van der Waals surface area contributed by atoms with Crippen molar-refractivity contribution in [3.05, 3.63) is 64.4 Å². The molecule has 3 aromatic rings. The molecule has 146 valence electrons. The van der Waals surface area contributed by atoms with Crippen molar-refractivity contribution in [2.75, 3.05) is 7.05 Å². The summed E-state index contributed by atoms with van der Waals surface area (Å²) in [6, 6.07) is 5.50. The molecule has 0 spiro atoms. The van der Waals surface area contributed by atoms with E-state index in [1.807, 2.05) is 13.0 Å². The first-order chi connectivity index (χ1) is 13.4. The molecule has 0 fully saturated rings. The largest absolute Gasteiger partial charge is 0.459 e. The van der Waals surface area contributed by atoms with E-state index in [4.69, 9.17) is 4.42 Å². The molecule has 0 aliphatic carbocycles. The average Bonchev–Trinajstić information content (AvgIpc) is 3.30. The highest BCUT2D eigenvalue weighted by molar-refractivity contribution is 7.13. The molecule has 0 aliphatic heterocycles. The van der Waals surface area contributed by atoms with Crippen molar-refractivity contribution < 1.29 is 22.8 Å². The molecule has 28 heavy (non-hydrogen) atoms. The Bertz CT molecular complexity index is 1020. The van der Waals surface area contributed by atoms with Gasteiger partial charge in [0.1, 0.15) is 11.8 Å². The Kier molecular flexibility index (Phi) is 5.84. The highest BCUT2D eigenvalue weighted by Gasteiger charge is 2.23. The number of aryl methyl sites for hydroxylation is 1. The van der Waals surface area contributed by atoms with Crippen molar-refractivity contribution in [1.82, 2.24) is 15.6 Å². The molecule has 0 aliphatic rings. The monoisotopic (exact) mass is 405 g/mol. The van der Waals surface area contributed by atoms with Crippen LogP contribution < -0.4 is 10.6 Å². The normalized spacial score (nSPS) is 11.9. The summed E-state index contributed by atoms with van der Waals surface area (Å²) in [6.45, 7) is 1.82. The number of benzene rings is 1. The number of halogens is 2. The molecule has 1 atom stereocenters. The van der Waals surface area contributed by atoms with Crippen LogP contribution in [0.25, 0.3) is 10.8 Å². The number of nitrogens with zero attached hydrogens (tertiary/aromatic N) is 1. The SMILES string of the molecule is CNC(=O)C(NC(=O)Cc1csc(-c2ccc(C)o2)n1)c1ccc(F)c(F)c1. The fourth-order valence-electron chi connectivity index (χ4n) is 2.56. The van der Waals surface area contributed by atoms with Gasteiger partial charge in [-0.1, -0.05) is 6.07 Å². The van der Waals surface area contributed by atoms with Crippen LogP contribution in [0, 0.1) is 18.6 Å². The molecule has 2 amide bonds. The summed E-state index contributed by atoms with van der Waals surface area (Å²) >= 11 is 1.33. The number of likely N-dealkylation sites (N-methyl/N-ethyl adjacent to an activating group) is 1. The van der Waals surface area contributed by atoms with Crippen molar-refractivity contribution in [3.63, 3.8) is 0 Å². The van der Waals surface area contributed by atoms with E-state index in [9.17, 15) is 18.4 Å². The lowest BCUT2D eigenvalue weighted by Crippen LogP contribution is -2.39. The maximum atomic E-state index is 13.5. The van der Waals surface area contributed by atoms with Crippen molar-refractivity contribution in [2.24, 2.45) is 0 Å². The van der Waals surface area contributed by atoms with E-state index in [-0.39, 0.29) is 12.0 Å². The van der Waals surface area contributed by atoms with Gasteiger partial charge >= 0.3 is 0 Å². The Morgan fingerprint density at radius 2 is 2.00 bits per heavy atom. The summed E-state index contributed by atoms with van der Waals surface area (Å²) in [7, 11) is 1.39. The lowest BCUT2D eigenvalue weighted by Gasteiger charge is -2.17. The van der Waals surface area contributed by atoms with Gasteiger partial charge in [0, 0.05) is 12.4 Å². The van der Waals surface area contributed by atoms with E-state index in [1.54, 1.807) is 11.4 Å². The zero-order chi connectivity index (χ0) is 20.3. The molecule has 0 saturated carbocycles. The van der Waals surface area contributed by atoms with Gasteiger partial charge < -0.3 is 15.1 Å². The highest BCUT2D eigenvalue weighted by atomic mass is 32.1. The van der Waals surface area contributed by atoms with Crippen LogP contribution in [0.2, 0.25) is 0 Å². The molecule has 2 aromatic heterocycles. The van der Waals surface area contributed by atoms with Gasteiger partial charge in [0.05, 0.1) is 12.1 Å². The van der Waals surface area contributed by atoms with Gasteiger partial charge in [0.25, 0.3) is 0 Å². The summed E-state index contributed by atoms with van der Waals surface area (Å²) < 4.78 is 32.2. The first-order valence-electron chi connectivity index (χ1n) is 8.34. The molecule has 9 heteroatoms. The van der Waals surface area contributed by atoms with Gasteiger partial charge in [0.15, 0.2) is 22.4 Å². The predicted octanol–water partition coefficient (Wildman–Crippen LogP) is 3.14. The third-order valence-corrected chi connectivity index (χ3v) is 4.84. The number of aromatic nitrogens is 1. The lowest BCUT2D eigenvalue weighted by molar-refractivity contribution is -0.128. The summed E-state index contributed by atoms with van der Waals surface area (Å²) in [5.74, 6) is -1.80. The maximum Gasteiger partial charge on any atom is 0.246 e. The topological polar surface area (TPSA) is 84.2 Å². The van der Waals surface area contributed by atoms with E-state index >= 15 is 0 Å². The van der Waals surface area contributed by atoms with E-state index in [0.29, 0.717) is 16.5 Å². The second-order valence-electron chi connectivity index (χ2n) is 6.02. The summed E-state index contributed by atoms with van der Waals surface area (Å²) in [4.78, 5) is 28.9. The quantitative estimate of drug-likeness (QED) is 0.660. The Hall–Kier alpha value is -3.07. The third kappa shape index (κ3) is 4.42. The number of nitrogens with one attached hydrogen (secondary N) is 2. The van der Waals surface area contributed by atoms with Crippen LogP contribution in [0.1, 0.15) is 23.1 Å². The summed E-state index contributed by atoms with van der Waals surface area (Å²) in [6.07, 6.45) is -0.0760. The van der Waals surface area contributed by atoms with Gasteiger partial charge in [0.2, 0.25) is 11.8 Å². The second kappa shape index (κ2) is 8.30. The molecular formula is C19H17F2N3O3S. The van der Waals surface area contributed by atoms with Crippen molar-refractivity contribution in [1.29, 1.82) is 0 Å². The molecule has 0 saturated heterocycles. The average molecular weight is 405 g/mol. The van der Waals surface area contributed by atoms with Gasteiger partial charge in [-0.25, -0.2) is 13.8 Å². The molecule has 1 unspecified atom stereocenters. The lowest BCUT2D eigenvalue weighted by atomic mass is 10.1. The van der Waals surface area contributed by atoms with Crippen LogP contribution in [0.15, 0.2) is 40.1 Å². The molecule has 2 heterocycles. The minimum absolute atomic E-state index is 0.0760. The number of carbonyl (C=O) groups is 2. The number of furan rings is 1. The fraction of sp³-hybridized carbons (Fsp3) is 0.211. The van der Waals surface area contributed by atoms with Crippen LogP contribution in [-0.2, 0) is 16.0 Å². The van der Waals surface area contributed by atoms with Gasteiger partial charge in [-0.2, -0.15) is 0 Å². The van der Waals surface area contributed by atoms with Crippen LogP contribution in [0.5, 0.6) is 0 Å². The molecule has 1 aromatic carbocycles. The zero-order valence-corrected chi connectivity index (χ0v) is 15.9. The summed E-state index contributed by atoms with van der Waals surface area (Å²) in [5.41, 5.74) is 0.643. The Morgan fingerprint density at radius 1 is 1.21 bits per heavy atom. The smallest absolute Gasteiger partial charge is 0.246 e. The van der Waals surface area contributed by atoms with Crippen LogP contribution in [0.3, 0.4) is 0 Å². The number of hydrogen-bond donors (Lipinski definition) is 2. The number of hydrogen-bond acceptors (Lipinski definition) is 5. The standard InChI is InChI=1S/C19H17F2N3O3S/c1-10-3-6-15(27-10)19-23-12(9-28-19)8-16(25)24-17(18(26)22-2)11-4-5-13(20)14(21)7-11/h3-7,9,17H,8H2,1-2H3,(H,22,26)(H,24,25). The van der Waals surface area contributed by atoms with Crippen LogP contribution in [-0.4, -0.2) is 23.8 Å². The van der Waals surface area contributed by atoms with Gasteiger partial charge in [-0.15, -0.1) is 11.3 Å². The molecule has 0 bridgehead atoms. The highest BCUT2D eigenvalue weighted by Crippen LogP contribution is 2.26. The third-order valence-electron chi connectivity index (χ3n) is 3.94. The van der Waals surface area contributed by atoms with Crippen LogP contribution >= 0.6 is 11.3 Å². The number of carbonyl (C=O) groups excluding carboxylic acids is 2. The van der Waals surface area contributed by atoms with Crippen LogP contribution in [0.4, 0.5) is 8.78 Å². The number of thiazole rings is 1. The maximum absolute atomic E-state index is 13.5. The van der Waals surface area contributed by atoms with E-state index < -0.39 is 29.5 Å². The predicted molar refractivity (Wildman–Crippen MR) is 99.6 cm³/mol. The first kappa shape index (κ1) is 19.7. The van der Waals surface area contributed by atoms with E-state index in [1.165, 1.54) is 24.5 Å². The van der Waals surface area contributed by atoms with Gasteiger partial charge in [-0.05, 0) is 36.8 Å². The van der Waals surface area contributed by atoms with Crippen molar-refractivity contribution in [3.8, 4) is 10.8 Å². The Balaban J connectivity index is 1.73. The van der Waals surface area contributed by atoms with Gasteiger partial charge in [-0.3, -0.25) is 9.59 Å². The summed E-state index contributed by atoms with van der Waals surface area (Å²) in [5, 5.41) is 7.29. The van der Waals surface area contributed by atoms with E-state index in [2.05, 4.69) is 15.6 Å². The molecule has 0 radical (unpaired) electrons. The molecule has 2 N–H and O–H groups in total. The number of rotatable bonds is 6. The second-order valence-corrected chi connectivity index (χ2v) is 6.88. The Morgan fingerprint density at radius 3 is 2.64 bits per heavy atom. The molecule has 3 rings (SSSR count). The molecular weight excluding hydrogens is 388 g/mol. The van der Waals surface area contributed by atoms with Crippen molar-refractivity contribution >= 4 is 23.2 Å².